The zero-order chi connectivity index (χ0) is 33.0. The number of carbonyl (C=O) groups is 2. The highest BCUT2D eigenvalue weighted by molar-refractivity contribution is 6.00. The number of nitrogens with zero attached hydrogens (tertiary/aromatic N) is 3. The first-order chi connectivity index (χ1) is 22.7. The fourth-order valence-electron chi connectivity index (χ4n) is 6.85. The summed E-state index contributed by atoms with van der Waals surface area (Å²) in [4.78, 5) is 29.9. The Morgan fingerprint density at radius 2 is 1.55 bits per heavy atom. The smallest absolute Gasteiger partial charge is 0.324 e. The summed E-state index contributed by atoms with van der Waals surface area (Å²) in [6, 6.07) is 25.8. The van der Waals surface area contributed by atoms with Gasteiger partial charge in [0.15, 0.2) is 5.78 Å². The van der Waals surface area contributed by atoms with Gasteiger partial charge in [-0.15, -0.1) is 0 Å². The maximum atomic E-state index is 13.8. The van der Waals surface area contributed by atoms with Crippen LogP contribution in [0.25, 0.3) is 5.69 Å². The third kappa shape index (κ3) is 7.76. The molecule has 2 amide bonds. The normalized spacial score (nSPS) is 16.2. The van der Waals surface area contributed by atoms with Crippen LogP contribution in [-0.2, 0) is 5.41 Å². The molecule has 6 rings (SSSR count). The fourth-order valence-corrected chi connectivity index (χ4v) is 6.85. The number of para-hydroxylation sites is 1. The molecule has 3 N–H and O–H groups in total. The number of piperidine rings is 1. The van der Waals surface area contributed by atoms with E-state index in [-0.39, 0.29) is 23.1 Å². The van der Waals surface area contributed by atoms with Crippen molar-refractivity contribution in [1.29, 1.82) is 0 Å². The van der Waals surface area contributed by atoms with Gasteiger partial charge in [0.2, 0.25) is 0 Å². The molecular formula is C39H48N6O2. The summed E-state index contributed by atoms with van der Waals surface area (Å²) in [6.45, 7) is 12.4. The Labute approximate surface area is 278 Å². The number of anilines is 3. The average molecular weight is 633 g/mol. The lowest BCUT2D eigenvalue weighted by Gasteiger charge is -2.32. The molecule has 1 unspecified atom stereocenters. The molecule has 2 aliphatic heterocycles. The van der Waals surface area contributed by atoms with Gasteiger partial charge in [0.05, 0.1) is 11.4 Å². The number of ketones is 1. The van der Waals surface area contributed by atoms with Crippen LogP contribution in [0, 0.1) is 12.8 Å². The molecule has 0 spiro atoms. The van der Waals surface area contributed by atoms with Gasteiger partial charge in [-0.2, -0.15) is 5.10 Å². The monoisotopic (exact) mass is 632 g/mol. The van der Waals surface area contributed by atoms with Crippen molar-refractivity contribution >= 4 is 29.0 Å². The van der Waals surface area contributed by atoms with Gasteiger partial charge >= 0.3 is 6.03 Å². The first kappa shape index (κ1) is 32.5. The molecule has 4 aromatic rings. The van der Waals surface area contributed by atoms with Gasteiger partial charge in [-0.3, -0.25) is 10.1 Å². The van der Waals surface area contributed by atoms with Crippen LogP contribution in [0.5, 0.6) is 0 Å². The molecule has 0 radical (unpaired) electrons. The predicted molar refractivity (Wildman–Crippen MR) is 191 cm³/mol. The van der Waals surface area contributed by atoms with E-state index in [0.717, 1.165) is 72.8 Å². The van der Waals surface area contributed by atoms with Gasteiger partial charge in [-0.25, -0.2) is 9.48 Å². The second-order valence-electron chi connectivity index (χ2n) is 14.1. The second-order valence-corrected chi connectivity index (χ2v) is 14.1. The lowest BCUT2D eigenvalue weighted by atomic mass is 9.76. The minimum Gasteiger partial charge on any atom is -0.372 e. The molecular weight excluding hydrogens is 584 g/mol. The fraction of sp³-hybridized carbons (Fsp3) is 0.410. The molecule has 3 aromatic carbocycles. The molecule has 2 fully saturated rings. The van der Waals surface area contributed by atoms with Gasteiger partial charge in [0, 0.05) is 47.9 Å². The van der Waals surface area contributed by atoms with Gasteiger partial charge < -0.3 is 15.5 Å². The van der Waals surface area contributed by atoms with E-state index in [1.807, 2.05) is 67.6 Å². The lowest BCUT2D eigenvalue weighted by Crippen LogP contribution is -2.32. The molecule has 0 saturated carbocycles. The largest absolute Gasteiger partial charge is 0.372 e. The van der Waals surface area contributed by atoms with Crippen molar-refractivity contribution in [2.45, 2.75) is 71.1 Å². The van der Waals surface area contributed by atoms with Crippen LogP contribution in [0.3, 0.4) is 0 Å². The van der Waals surface area contributed by atoms with Crippen molar-refractivity contribution in [1.82, 2.24) is 15.1 Å². The van der Waals surface area contributed by atoms with Gasteiger partial charge in [-0.1, -0.05) is 56.7 Å². The predicted octanol–water partition coefficient (Wildman–Crippen LogP) is 8.08. The van der Waals surface area contributed by atoms with Crippen molar-refractivity contribution in [3.8, 4) is 5.69 Å². The minimum atomic E-state index is -0.348. The molecule has 0 bridgehead atoms. The molecule has 246 valence electrons. The number of aromatic nitrogens is 2. The Hall–Kier alpha value is -4.43. The van der Waals surface area contributed by atoms with Crippen LogP contribution in [0.1, 0.15) is 86.0 Å². The molecule has 8 heteroatoms. The number of hydrogen-bond acceptors (Lipinski definition) is 5. The van der Waals surface area contributed by atoms with Crippen molar-refractivity contribution in [3.63, 3.8) is 0 Å². The van der Waals surface area contributed by atoms with Crippen LogP contribution < -0.4 is 20.9 Å². The van der Waals surface area contributed by atoms with Crippen LogP contribution >= 0.6 is 0 Å². The summed E-state index contributed by atoms with van der Waals surface area (Å²) in [5, 5.41) is 14.6. The molecule has 1 atom stereocenters. The number of aryl methyl sites for hydroxylation is 1. The van der Waals surface area contributed by atoms with Crippen LogP contribution in [0.2, 0.25) is 0 Å². The molecule has 8 nitrogen and oxygen atoms in total. The number of nitrogens with one attached hydrogen (secondary N) is 3. The highest BCUT2D eigenvalue weighted by atomic mass is 16.2. The van der Waals surface area contributed by atoms with Crippen LogP contribution in [-0.4, -0.2) is 47.8 Å². The van der Waals surface area contributed by atoms with Crippen molar-refractivity contribution in [3.05, 3.63) is 101 Å². The Kier molecular flexibility index (Phi) is 9.78. The zero-order valence-electron chi connectivity index (χ0n) is 28.2. The number of urea groups is 1. The summed E-state index contributed by atoms with van der Waals surface area (Å²) < 4.78 is 1.79. The van der Waals surface area contributed by atoms with E-state index in [4.69, 9.17) is 5.10 Å². The van der Waals surface area contributed by atoms with Gasteiger partial charge in [-0.05, 0) is 106 Å². The molecule has 2 aliphatic rings. The number of amides is 2. The third-order valence-corrected chi connectivity index (χ3v) is 9.63. The molecule has 3 heterocycles. The van der Waals surface area contributed by atoms with E-state index in [0.29, 0.717) is 18.2 Å². The number of Topliss-reactive ketones (excluding diaryl/α,β-unsaturated/α-hetero) is 1. The first-order valence-electron chi connectivity index (χ1n) is 17.1. The van der Waals surface area contributed by atoms with Crippen LogP contribution in [0.4, 0.5) is 22.0 Å². The highest BCUT2D eigenvalue weighted by Crippen LogP contribution is 2.39. The summed E-state index contributed by atoms with van der Waals surface area (Å²) in [6.07, 6.45) is 4.80. The van der Waals surface area contributed by atoms with E-state index in [9.17, 15) is 9.59 Å². The second kappa shape index (κ2) is 14.1. The topological polar surface area (TPSA) is 91.3 Å². The summed E-state index contributed by atoms with van der Waals surface area (Å²) in [5.74, 6) is 1.03. The number of rotatable bonds is 9. The zero-order valence-corrected chi connectivity index (χ0v) is 28.2. The van der Waals surface area contributed by atoms with Gasteiger partial charge in [0.1, 0.15) is 5.82 Å². The number of carbonyl (C=O) groups excluding carboxylic acids is 2. The van der Waals surface area contributed by atoms with E-state index in [2.05, 4.69) is 59.8 Å². The molecule has 0 aliphatic carbocycles. The van der Waals surface area contributed by atoms with Crippen LogP contribution in [0.15, 0.2) is 78.9 Å². The quantitative estimate of drug-likeness (QED) is 0.162. The van der Waals surface area contributed by atoms with E-state index in [1.54, 1.807) is 4.68 Å². The van der Waals surface area contributed by atoms with Crippen molar-refractivity contribution in [2.24, 2.45) is 5.92 Å². The Bertz CT molecular complexity index is 1670. The number of hydrogen-bond donors (Lipinski definition) is 3. The Morgan fingerprint density at radius 1 is 0.894 bits per heavy atom. The standard InChI is InChI=1S/C39H48N6O2/c1-27-11-15-31(16-12-27)45-37(26-36(43-45)39(2,3)4)42-38(47)41-34-10-6-5-9-32(34)33(28-19-21-40-22-20-28)25-35(46)29-13-17-30(18-14-29)44-23-7-8-24-44/h5-6,9-18,26,28,33,40H,7-8,19-25H2,1-4H3,(H2,41,42,47). The average Bonchev–Trinajstić information content (AvgIpc) is 3.76. The Balaban J connectivity index is 1.24. The maximum Gasteiger partial charge on any atom is 0.324 e. The SMILES string of the molecule is Cc1ccc(-n2nc(C(C)(C)C)cc2NC(=O)Nc2ccccc2C(CC(=O)c2ccc(N3CCCC3)cc2)C2CCNCC2)cc1. The highest BCUT2D eigenvalue weighted by Gasteiger charge is 2.30. The van der Waals surface area contributed by atoms with Gasteiger partial charge in [0.25, 0.3) is 0 Å². The molecule has 47 heavy (non-hydrogen) atoms. The van der Waals surface area contributed by atoms with Crippen molar-refractivity contribution in [2.75, 3.05) is 41.7 Å². The third-order valence-electron chi connectivity index (χ3n) is 9.63. The van der Waals surface area contributed by atoms with E-state index < -0.39 is 0 Å². The minimum absolute atomic E-state index is 0.0232. The Morgan fingerprint density at radius 3 is 2.23 bits per heavy atom. The number of benzene rings is 3. The summed E-state index contributed by atoms with van der Waals surface area (Å²) in [5.41, 5.74) is 6.37. The molecule has 2 saturated heterocycles. The molecule has 1 aromatic heterocycles. The summed E-state index contributed by atoms with van der Waals surface area (Å²) >= 11 is 0. The van der Waals surface area contributed by atoms with E-state index >= 15 is 0 Å². The lowest BCUT2D eigenvalue weighted by molar-refractivity contribution is 0.0959. The van der Waals surface area contributed by atoms with E-state index in [1.165, 1.54) is 18.5 Å². The first-order valence-corrected chi connectivity index (χ1v) is 17.1. The summed E-state index contributed by atoms with van der Waals surface area (Å²) in [7, 11) is 0. The van der Waals surface area contributed by atoms with Crippen molar-refractivity contribution < 1.29 is 9.59 Å². The maximum absolute atomic E-state index is 13.8.